The van der Waals surface area contributed by atoms with Crippen LogP contribution in [0, 0.1) is 0 Å². The number of rotatable bonds is 6. The van der Waals surface area contributed by atoms with Crippen LogP contribution >= 0.6 is 23.2 Å². The van der Waals surface area contributed by atoms with Crippen molar-refractivity contribution in [2.45, 2.75) is 24.5 Å². The van der Waals surface area contributed by atoms with Crippen molar-refractivity contribution in [1.29, 1.82) is 0 Å². The Kier molecular flexibility index (Phi) is 6.92. The smallest absolute Gasteiger partial charge is 0.212 e. The average Bonchev–Trinajstić information content (AvgIpc) is 2.65. The molecule has 3 rings (SSSR count). The molecule has 1 saturated heterocycles. The van der Waals surface area contributed by atoms with Gasteiger partial charge in [0.25, 0.3) is 0 Å². The van der Waals surface area contributed by atoms with E-state index in [9.17, 15) is 16.8 Å². The molecule has 0 saturated carbocycles. The molecule has 0 spiro atoms. The molecular weight excluding hydrogens is 455 g/mol. The minimum Gasteiger partial charge on any atom is -0.212 e. The minimum absolute atomic E-state index is 0.0918. The van der Waals surface area contributed by atoms with Gasteiger partial charge in [-0.25, -0.2) is 16.8 Å². The Morgan fingerprint density at radius 3 is 1.79 bits per heavy atom. The third-order valence-corrected chi connectivity index (χ3v) is 9.34. The van der Waals surface area contributed by atoms with Crippen LogP contribution < -0.4 is 0 Å². The molecule has 0 aromatic heterocycles. The second-order valence-corrected chi connectivity index (χ2v) is 11.7. The van der Waals surface area contributed by atoms with Crippen LogP contribution in [0.15, 0.2) is 48.5 Å². The van der Waals surface area contributed by atoms with Gasteiger partial charge in [-0.05, 0) is 30.2 Å². The van der Waals surface area contributed by atoms with Gasteiger partial charge in [-0.3, -0.25) is 0 Å². The summed E-state index contributed by atoms with van der Waals surface area (Å²) in [4.78, 5) is 0. The third kappa shape index (κ3) is 5.31. The molecule has 0 N–H and O–H groups in total. The minimum atomic E-state index is -3.64. The van der Waals surface area contributed by atoms with Gasteiger partial charge >= 0.3 is 0 Å². The zero-order valence-electron chi connectivity index (χ0n) is 15.8. The molecule has 0 bridgehead atoms. The molecule has 0 unspecified atom stereocenters. The molecule has 2 aromatic rings. The number of sulfonamides is 2. The third-order valence-electron chi connectivity index (χ3n) is 4.87. The van der Waals surface area contributed by atoms with Crippen LogP contribution in [0.1, 0.15) is 18.1 Å². The van der Waals surface area contributed by atoms with Crippen molar-refractivity contribution < 1.29 is 16.8 Å². The van der Waals surface area contributed by atoms with Gasteiger partial charge < -0.3 is 0 Å². The Hall–Kier alpha value is -1.16. The SMILES string of the molecule is C[C@H]1CN(S(=O)(=O)Cc2ccccc2Cl)CCN1S(=O)(=O)Cc1ccccc1Cl. The number of benzene rings is 2. The first kappa shape index (κ1) is 22.5. The molecule has 1 heterocycles. The lowest BCUT2D eigenvalue weighted by atomic mass is 10.2. The van der Waals surface area contributed by atoms with Gasteiger partial charge in [0.1, 0.15) is 0 Å². The van der Waals surface area contributed by atoms with Crippen LogP contribution in [0.2, 0.25) is 10.0 Å². The second kappa shape index (κ2) is 8.91. The van der Waals surface area contributed by atoms with Crippen molar-refractivity contribution in [3.63, 3.8) is 0 Å². The largest absolute Gasteiger partial charge is 0.218 e. The molecular formula is C19H22Cl2N2O4S2. The molecule has 1 aliphatic rings. The van der Waals surface area contributed by atoms with Crippen molar-refractivity contribution >= 4 is 43.2 Å². The normalized spacial score (nSPS) is 19.3. The van der Waals surface area contributed by atoms with Gasteiger partial charge in [0, 0.05) is 35.7 Å². The Bertz CT molecular complexity index is 1090. The Morgan fingerprint density at radius 2 is 1.31 bits per heavy atom. The molecule has 6 nitrogen and oxygen atoms in total. The standard InChI is InChI=1S/C19H22Cl2N2O4S2/c1-15-12-22(28(24,25)13-16-6-2-4-8-18(16)20)10-11-23(15)29(26,27)14-17-7-3-5-9-19(17)21/h2-9,15H,10-14H2,1H3/t15-/m0/s1. The van der Waals surface area contributed by atoms with E-state index in [2.05, 4.69) is 0 Å². The first-order valence-electron chi connectivity index (χ1n) is 9.04. The lowest BCUT2D eigenvalue weighted by Crippen LogP contribution is -2.55. The van der Waals surface area contributed by atoms with Crippen LogP contribution in [0.5, 0.6) is 0 Å². The summed E-state index contributed by atoms with van der Waals surface area (Å²) in [5, 5.41) is 0.787. The first-order chi connectivity index (χ1) is 13.6. The molecule has 1 atom stereocenters. The highest BCUT2D eigenvalue weighted by molar-refractivity contribution is 7.88. The van der Waals surface area contributed by atoms with Crippen molar-refractivity contribution in [1.82, 2.24) is 8.61 Å². The summed E-state index contributed by atoms with van der Waals surface area (Å²) in [5.74, 6) is -0.435. The lowest BCUT2D eigenvalue weighted by molar-refractivity contribution is 0.212. The zero-order valence-corrected chi connectivity index (χ0v) is 19.0. The monoisotopic (exact) mass is 476 g/mol. The highest BCUT2D eigenvalue weighted by Crippen LogP contribution is 2.25. The summed E-state index contributed by atoms with van der Waals surface area (Å²) >= 11 is 12.2. The van der Waals surface area contributed by atoms with E-state index in [1.165, 1.54) is 8.61 Å². The highest BCUT2D eigenvalue weighted by atomic mass is 35.5. The van der Waals surface area contributed by atoms with Crippen LogP contribution in [0.3, 0.4) is 0 Å². The van der Waals surface area contributed by atoms with Crippen LogP contribution in [-0.2, 0) is 31.6 Å². The van der Waals surface area contributed by atoms with Gasteiger partial charge in [0.15, 0.2) is 0 Å². The van der Waals surface area contributed by atoms with Crippen molar-refractivity contribution in [2.24, 2.45) is 0 Å². The molecule has 2 aromatic carbocycles. The Balaban J connectivity index is 1.71. The van der Waals surface area contributed by atoms with Crippen LogP contribution in [-0.4, -0.2) is 51.1 Å². The van der Waals surface area contributed by atoms with Gasteiger partial charge in [-0.1, -0.05) is 59.6 Å². The maximum Gasteiger partial charge on any atom is 0.218 e. The molecule has 0 aliphatic carbocycles. The summed E-state index contributed by atoms with van der Waals surface area (Å²) in [6, 6.07) is 13.1. The van der Waals surface area contributed by atoms with Crippen LogP contribution in [0.25, 0.3) is 0 Å². The number of piperazine rings is 1. The Morgan fingerprint density at radius 1 is 0.828 bits per heavy atom. The van der Waals surface area contributed by atoms with E-state index in [1.54, 1.807) is 55.5 Å². The van der Waals surface area contributed by atoms with Gasteiger partial charge in [0.2, 0.25) is 20.0 Å². The first-order valence-corrected chi connectivity index (χ1v) is 13.0. The number of hydrogen-bond donors (Lipinski definition) is 0. The Labute approximate surface area is 182 Å². The molecule has 0 radical (unpaired) electrons. The molecule has 158 valence electrons. The van der Waals surface area contributed by atoms with E-state index in [0.29, 0.717) is 21.2 Å². The summed E-state index contributed by atoms with van der Waals surface area (Å²) in [5.41, 5.74) is 1.05. The summed E-state index contributed by atoms with van der Waals surface area (Å²) in [7, 11) is -7.26. The van der Waals surface area contributed by atoms with Gasteiger partial charge in [0.05, 0.1) is 11.5 Å². The fourth-order valence-corrected chi connectivity index (χ4v) is 7.35. The van der Waals surface area contributed by atoms with Gasteiger partial charge in [-0.15, -0.1) is 0 Å². The lowest BCUT2D eigenvalue weighted by Gasteiger charge is -2.38. The number of nitrogens with zero attached hydrogens (tertiary/aromatic N) is 2. The van der Waals surface area contributed by atoms with E-state index in [0.717, 1.165) is 0 Å². The predicted molar refractivity (Wildman–Crippen MR) is 116 cm³/mol. The van der Waals surface area contributed by atoms with E-state index >= 15 is 0 Å². The topological polar surface area (TPSA) is 74.8 Å². The average molecular weight is 477 g/mol. The summed E-state index contributed by atoms with van der Waals surface area (Å²) in [6.45, 7) is 1.99. The summed E-state index contributed by atoms with van der Waals surface area (Å²) in [6.07, 6.45) is 0. The molecule has 10 heteroatoms. The van der Waals surface area contributed by atoms with Crippen LogP contribution in [0.4, 0.5) is 0 Å². The van der Waals surface area contributed by atoms with Crippen molar-refractivity contribution in [3.05, 3.63) is 69.7 Å². The van der Waals surface area contributed by atoms with E-state index < -0.39 is 26.1 Å². The number of hydrogen-bond acceptors (Lipinski definition) is 4. The molecule has 1 aliphatic heterocycles. The fraction of sp³-hybridized carbons (Fsp3) is 0.368. The predicted octanol–water partition coefficient (Wildman–Crippen LogP) is 3.36. The molecule has 0 amide bonds. The number of halogens is 2. The molecule has 29 heavy (non-hydrogen) atoms. The highest BCUT2D eigenvalue weighted by Gasteiger charge is 2.37. The second-order valence-electron chi connectivity index (χ2n) is 7.01. The summed E-state index contributed by atoms with van der Waals surface area (Å²) < 4.78 is 54.1. The molecule has 1 fully saturated rings. The maximum absolute atomic E-state index is 12.9. The van der Waals surface area contributed by atoms with Gasteiger partial charge in [-0.2, -0.15) is 8.61 Å². The van der Waals surface area contributed by atoms with E-state index in [1.807, 2.05) is 0 Å². The van der Waals surface area contributed by atoms with Crippen molar-refractivity contribution in [2.75, 3.05) is 19.6 Å². The quantitative estimate of drug-likeness (QED) is 0.640. The van der Waals surface area contributed by atoms with E-state index in [-0.39, 0.29) is 31.1 Å². The van der Waals surface area contributed by atoms with E-state index in [4.69, 9.17) is 23.2 Å². The zero-order chi connectivity index (χ0) is 21.2. The van der Waals surface area contributed by atoms with Crippen molar-refractivity contribution in [3.8, 4) is 0 Å². The fourth-order valence-electron chi connectivity index (χ4n) is 3.37. The maximum atomic E-state index is 12.9.